The van der Waals surface area contributed by atoms with Crippen molar-refractivity contribution in [3.8, 4) is 0 Å². The van der Waals surface area contributed by atoms with E-state index in [9.17, 15) is 14.4 Å². The van der Waals surface area contributed by atoms with Crippen LogP contribution in [0.2, 0.25) is 10.0 Å². The fourth-order valence-corrected chi connectivity index (χ4v) is 3.48. The molecule has 0 saturated carbocycles. The Morgan fingerprint density at radius 2 is 1.90 bits per heavy atom. The highest BCUT2D eigenvalue weighted by Crippen LogP contribution is 2.25. The SMILES string of the molecule is Cc1ccc(CN2C[C@H](C(=O)OCC(=O)Nc3ccc(Cl)cc3Cl)CC2=O)cc1. The van der Waals surface area contributed by atoms with Gasteiger partial charge in [0.1, 0.15) is 0 Å². The summed E-state index contributed by atoms with van der Waals surface area (Å²) in [4.78, 5) is 38.1. The van der Waals surface area contributed by atoms with Crippen molar-refractivity contribution < 1.29 is 19.1 Å². The van der Waals surface area contributed by atoms with Crippen LogP contribution in [0.5, 0.6) is 0 Å². The molecule has 1 aliphatic heterocycles. The van der Waals surface area contributed by atoms with Crippen molar-refractivity contribution in [1.82, 2.24) is 4.90 Å². The Balaban J connectivity index is 1.48. The van der Waals surface area contributed by atoms with E-state index in [2.05, 4.69) is 5.32 Å². The second kappa shape index (κ2) is 9.29. The molecule has 0 radical (unpaired) electrons. The Bertz CT molecular complexity index is 931. The molecule has 0 spiro atoms. The molecule has 2 aromatic rings. The number of nitrogens with zero attached hydrogens (tertiary/aromatic N) is 1. The maximum absolute atomic E-state index is 12.3. The summed E-state index contributed by atoms with van der Waals surface area (Å²) in [5, 5.41) is 3.28. The van der Waals surface area contributed by atoms with Crippen molar-refractivity contribution in [2.45, 2.75) is 19.9 Å². The molecule has 0 bridgehead atoms. The standard InChI is InChI=1S/C21H20Cl2N2O4/c1-13-2-4-14(5-3-13)10-25-11-15(8-20(25)27)21(28)29-12-19(26)24-18-7-6-16(22)9-17(18)23/h2-7,9,15H,8,10-12H2,1H3,(H,24,26)/t15-/m1/s1. The first kappa shape index (κ1) is 21.1. The zero-order valence-electron chi connectivity index (χ0n) is 15.8. The molecule has 8 heteroatoms. The van der Waals surface area contributed by atoms with Crippen molar-refractivity contribution in [2.75, 3.05) is 18.5 Å². The third kappa shape index (κ3) is 5.71. The summed E-state index contributed by atoms with van der Waals surface area (Å²) < 4.78 is 5.09. The van der Waals surface area contributed by atoms with Gasteiger partial charge in [-0.1, -0.05) is 53.0 Å². The number of benzene rings is 2. The van der Waals surface area contributed by atoms with Crippen molar-refractivity contribution >= 4 is 46.7 Å². The van der Waals surface area contributed by atoms with Crippen LogP contribution in [0.1, 0.15) is 17.5 Å². The van der Waals surface area contributed by atoms with Crippen LogP contribution in [0.15, 0.2) is 42.5 Å². The van der Waals surface area contributed by atoms with Gasteiger partial charge in [0, 0.05) is 24.5 Å². The minimum Gasteiger partial charge on any atom is -0.455 e. The quantitative estimate of drug-likeness (QED) is 0.700. The van der Waals surface area contributed by atoms with Gasteiger partial charge in [0.15, 0.2) is 6.61 Å². The van der Waals surface area contributed by atoms with Gasteiger partial charge in [-0.25, -0.2) is 0 Å². The first-order valence-corrected chi connectivity index (χ1v) is 9.82. The largest absolute Gasteiger partial charge is 0.455 e. The van der Waals surface area contributed by atoms with Gasteiger partial charge in [-0.3, -0.25) is 14.4 Å². The summed E-state index contributed by atoms with van der Waals surface area (Å²) in [6.07, 6.45) is 0.0787. The van der Waals surface area contributed by atoms with Gasteiger partial charge in [-0.05, 0) is 30.7 Å². The molecule has 2 aromatic carbocycles. The number of anilines is 1. The van der Waals surface area contributed by atoms with Crippen LogP contribution >= 0.6 is 23.2 Å². The molecular weight excluding hydrogens is 415 g/mol. The molecule has 0 aromatic heterocycles. The predicted molar refractivity (Wildman–Crippen MR) is 111 cm³/mol. The Morgan fingerprint density at radius 1 is 1.17 bits per heavy atom. The first-order valence-electron chi connectivity index (χ1n) is 9.06. The molecule has 0 aliphatic carbocycles. The topological polar surface area (TPSA) is 75.7 Å². The van der Waals surface area contributed by atoms with Gasteiger partial charge in [-0.15, -0.1) is 0 Å². The number of hydrogen-bond acceptors (Lipinski definition) is 4. The smallest absolute Gasteiger partial charge is 0.311 e. The lowest BCUT2D eigenvalue weighted by Crippen LogP contribution is -2.28. The molecule has 2 amide bonds. The molecule has 1 fully saturated rings. The number of amides is 2. The molecule has 1 saturated heterocycles. The first-order chi connectivity index (χ1) is 13.8. The molecule has 152 valence electrons. The van der Waals surface area contributed by atoms with Crippen LogP contribution in [-0.2, 0) is 25.7 Å². The van der Waals surface area contributed by atoms with Gasteiger partial charge in [0.25, 0.3) is 5.91 Å². The van der Waals surface area contributed by atoms with Crippen molar-refractivity contribution in [1.29, 1.82) is 0 Å². The number of carbonyl (C=O) groups excluding carboxylic acids is 3. The van der Waals surface area contributed by atoms with Crippen molar-refractivity contribution in [3.63, 3.8) is 0 Å². The third-order valence-corrected chi connectivity index (χ3v) is 5.14. The van der Waals surface area contributed by atoms with E-state index in [-0.39, 0.29) is 23.9 Å². The number of ether oxygens (including phenoxy) is 1. The fourth-order valence-electron chi connectivity index (χ4n) is 3.03. The van der Waals surface area contributed by atoms with E-state index in [1.165, 1.54) is 6.07 Å². The summed E-state index contributed by atoms with van der Waals surface area (Å²) in [6.45, 7) is 2.25. The number of aryl methyl sites for hydroxylation is 1. The normalized spacial score (nSPS) is 16.0. The highest BCUT2D eigenvalue weighted by atomic mass is 35.5. The summed E-state index contributed by atoms with van der Waals surface area (Å²) in [5.74, 6) is -1.78. The number of hydrogen-bond donors (Lipinski definition) is 1. The Kier molecular flexibility index (Phi) is 6.77. The molecule has 3 rings (SSSR count). The molecular formula is C21H20Cl2N2O4. The molecule has 1 N–H and O–H groups in total. The fraction of sp³-hybridized carbons (Fsp3) is 0.286. The Labute approximate surface area is 178 Å². The van der Waals surface area contributed by atoms with Crippen molar-refractivity contribution in [3.05, 3.63) is 63.6 Å². The van der Waals surface area contributed by atoms with E-state index in [1.54, 1.807) is 17.0 Å². The maximum Gasteiger partial charge on any atom is 0.311 e. The average molecular weight is 435 g/mol. The number of nitrogens with one attached hydrogen (secondary N) is 1. The maximum atomic E-state index is 12.3. The number of likely N-dealkylation sites (tertiary alicyclic amines) is 1. The van der Waals surface area contributed by atoms with E-state index < -0.39 is 24.4 Å². The van der Waals surface area contributed by atoms with Crippen LogP contribution in [0.4, 0.5) is 5.69 Å². The van der Waals surface area contributed by atoms with Crippen LogP contribution in [0.25, 0.3) is 0 Å². The van der Waals surface area contributed by atoms with Crippen LogP contribution in [0, 0.1) is 12.8 Å². The minimum atomic E-state index is -0.583. The Hall–Kier alpha value is -2.57. The molecule has 6 nitrogen and oxygen atoms in total. The average Bonchev–Trinajstić information content (AvgIpc) is 3.04. The lowest BCUT2D eigenvalue weighted by Gasteiger charge is -2.16. The van der Waals surface area contributed by atoms with E-state index in [0.717, 1.165) is 11.1 Å². The summed E-state index contributed by atoms with van der Waals surface area (Å²) in [7, 11) is 0. The highest BCUT2D eigenvalue weighted by Gasteiger charge is 2.35. The molecule has 1 atom stereocenters. The number of esters is 1. The van der Waals surface area contributed by atoms with Gasteiger partial charge in [0.05, 0.1) is 16.6 Å². The molecule has 0 unspecified atom stereocenters. The number of carbonyl (C=O) groups is 3. The third-order valence-electron chi connectivity index (χ3n) is 4.59. The zero-order chi connectivity index (χ0) is 21.0. The second-order valence-electron chi connectivity index (χ2n) is 6.94. The van der Waals surface area contributed by atoms with Gasteiger partial charge >= 0.3 is 5.97 Å². The summed E-state index contributed by atoms with van der Waals surface area (Å²) in [5.41, 5.74) is 2.51. The predicted octanol–water partition coefficient (Wildman–Crippen LogP) is 3.83. The zero-order valence-corrected chi connectivity index (χ0v) is 17.3. The molecule has 29 heavy (non-hydrogen) atoms. The van der Waals surface area contributed by atoms with Gasteiger partial charge in [-0.2, -0.15) is 0 Å². The van der Waals surface area contributed by atoms with E-state index in [4.69, 9.17) is 27.9 Å². The van der Waals surface area contributed by atoms with Crippen molar-refractivity contribution in [2.24, 2.45) is 5.92 Å². The second-order valence-corrected chi connectivity index (χ2v) is 7.78. The Morgan fingerprint density at radius 3 is 2.59 bits per heavy atom. The van der Waals surface area contributed by atoms with E-state index >= 15 is 0 Å². The van der Waals surface area contributed by atoms with E-state index in [1.807, 2.05) is 31.2 Å². The monoisotopic (exact) mass is 434 g/mol. The van der Waals surface area contributed by atoms with Gasteiger partial charge in [0.2, 0.25) is 5.91 Å². The summed E-state index contributed by atoms with van der Waals surface area (Å²) >= 11 is 11.8. The lowest BCUT2D eigenvalue weighted by atomic mass is 10.1. The number of rotatable bonds is 6. The lowest BCUT2D eigenvalue weighted by molar-refractivity contribution is -0.151. The highest BCUT2D eigenvalue weighted by molar-refractivity contribution is 6.36. The molecule has 1 aliphatic rings. The number of halogens is 2. The van der Waals surface area contributed by atoms with Crippen LogP contribution in [0.3, 0.4) is 0 Å². The van der Waals surface area contributed by atoms with Gasteiger partial charge < -0.3 is 15.0 Å². The summed E-state index contributed by atoms with van der Waals surface area (Å²) in [6, 6.07) is 12.5. The molecule has 1 heterocycles. The van der Waals surface area contributed by atoms with Crippen LogP contribution in [-0.4, -0.2) is 35.8 Å². The van der Waals surface area contributed by atoms with Crippen LogP contribution < -0.4 is 5.32 Å². The minimum absolute atomic E-state index is 0.0787. The van der Waals surface area contributed by atoms with E-state index in [0.29, 0.717) is 17.3 Å².